The molecule has 0 aromatic heterocycles. The van der Waals surface area contributed by atoms with E-state index in [9.17, 15) is 9.59 Å². The first-order valence-corrected chi connectivity index (χ1v) is 7.09. The van der Waals surface area contributed by atoms with E-state index in [4.69, 9.17) is 5.11 Å². The van der Waals surface area contributed by atoms with Gasteiger partial charge in [-0.15, -0.1) is 0 Å². The van der Waals surface area contributed by atoms with Crippen LogP contribution in [0.25, 0.3) is 0 Å². The zero-order valence-corrected chi connectivity index (χ0v) is 13.1. The third kappa shape index (κ3) is 4.67. The number of rotatable bonds is 3. The molecular formula is C14H27N3O3. The molecule has 0 aromatic rings. The number of amides is 2. The lowest BCUT2D eigenvalue weighted by molar-refractivity contribution is -0.138. The Balaban J connectivity index is 2.69. The molecule has 116 valence electrons. The third-order valence-corrected chi connectivity index (χ3v) is 3.77. The van der Waals surface area contributed by atoms with Gasteiger partial charge in [-0.25, -0.2) is 4.79 Å². The average molecular weight is 285 g/mol. The molecule has 1 fully saturated rings. The molecule has 6 nitrogen and oxygen atoms in total. The summed E-state index contributed by atoms with van der Waals surface area (Å²) in [5.74, 6) is -0.629. The summed E-state index contributed by atoms with van der Waals surface area (Å²) in [6.45, 7) is 9.24. The molecule has 2 atom stereocenters. The van der Waals surface area contributed by atoms with Crippen LogP contribution in [0.4, 0.5) is 4.79 Å². The lowest BCUT2D eigenvalue weighted by Gasteiger charge is -2.39. The van der Waals surface area contributed by atoms with Crippen molar-refractivity contribution in [2.75, 3.05) is 26.7 Å². The van der Waals surface area contributed by atoms with Gasteiger partial charge in [0.2, 0.25) is 0 Å². The average Bonchev–Trinajstić information content (AvgIpc) is 2.28. The molecule has 2 unspecified atom stereocenters. The summed E-state index contributed by atoms with van der Waals surface area (Å²) in [4.78, 5) is 26.9. The highest BCUT2D eigenvalue weighted by Gasteiger charge is 2.32. The number of aliphatic carboxylic acids is 1. The zero-order chi connectivity index (χ0) is 15.5. The van der Waals surface area contributed by atoms with E-state index < -0.39 is 11.5 Å². The number of carbonyl (C=O) groups excluding carboxylic acids is 1. The Morgan fingerprint density at radius 3 is 2.45 bits per heavy atom. The summed E-state index contributed by atoms with van der Waals surface area (Å²) in [6, 6.07) is -0.182. The molecule has 0 spiro atoms. The minimum atomic E-state index is -0.994. The first-order chi connectivity index (χ1) is 9.11. The van der Waals surface area contributed by atoms with Crippen molar-refractivity contribution in [3.8, 4) is 0 Å². The number of carbonyl (C=O) groups is 2. The summed E-state index contributed by atoms with van der Waals surface area (Å²) < 4.78 is 0. The molecule has 1 aliphatic rings. The maximum absolute atomic E-state index is 12.4. The molecule has 0 aromatic carbocycles. The largest absolute Gasteiger partial charge is 0.480 e. The molecule has 0 aliphatic carbocycles. The highest BCUT2D eigenvalue weighted by molar-refractivity contribution is 5.81. The van der Waals surface area contributed by atoms with E-state index >= 15 is 0 Å². The van der Waals surface area contributed by atoms with Crippen molar-refractivity contribution in [3.63, 3.8) is 0 Å². The number of hydrogen-bond donors (Lipinski definition) is 2. The number of carboxylic acid groups (broad SMARTS) is 1. The molecule has 2 N–H and O–H groups in total. The van der Waals surface area contributed by atoms with E-state index in [1.165, 1.54) is 4.90 Å². The monoisotopic (exact) mass is 285 g/mol. The van der Waals surface area contributed by atoms with Crippen molar-refractivity contribution >= 4 is 12.0 Å². The molecular weight excluding hydrogens is 258 g/mol. The number of nitrogens with one attached hydrogen (secondary N) is 1. The van der Waals surface area contributed by atoms with Crippen LogP contribution in [-0.4, -0.2) is 65.2 Å². The Labute approximate surface area is 121 Å². The first-order valence-electron chi connectivity index (χ1n) is 7.09. The fourth-order valence-corrected chi connectivity index (χ4v) is 2.55. The van der Waals surface area contributed by atoms with Crippen molar-refractivity contribution in [3.05, 3.63) is 0 Å². The molecule has 1 heterocycles. The van der Waals surface area contributed by atoms with Gasteiger partial charge >= 0.3 is 12.0 Å². The summed E-state index contributed by atoms with van der Waals surface area (Å²) in [5.41, 5.74) is -0.517. The van der Waals surface area contributed by atoms with Gasteiger partial charge in [0.25, 0.3) is 0 Å². The maximum Gasteiger partial charge on any atom is 0.323 e. The quantitative estimate of drug-likeness (QED) is 0.818. The number of hydrogen-bond acceptors (Lipinski definition) is 3. The van der Waals surface area contributed by atoms with Gasteiger partial charge in [0.15, 0.2) is 0 Å². The Kier molecular flexibility index (Phi) is 5.39. The topological polar surface area (TPSA) is 72.9 Å². The van der Waals surface area contributed by atoms with Crippen molar-refractivity contribution in [1.29, 1.82) is 0 Å². The smallest absolute Gasteiger partial charge is 0.323 e. The molecule has 2 amide bonds. The van der Waals surface area contributed by atoms with Crippen molar-refractivity contribution in [1.82, 2.24) is 15.1 Å². The zero-order valence-electron chi connectivity index (χ0n) is 13.1. The van der Waals surface area contributed by atoms with Crippen LogP contribution in [0.1, 0.15) is 34.1 Å². The number of nitrogens with zero attached hydrogens (tertiary/aromatic N) is 2. The van der Waals surface area contributed by atoms with E-state index in [0.717, 1.165) is 19.5 Å². The molecule has 0 radical (unpaired) electrons. The van der Waals surface area contributed by atoms with E-state index in [1.807, 2.05) is 20.8 Å². The van der Waals surface area contributed by atoms with Crippen LogP contribution >= 0.6 is 0 Å². The van der Waals surface area contributed by atoms with Gasteiger partial charge in [-0.2, -0.15) is 0 Å². The molecule has 1 saturated heterocycles. The van der Waals surface area contributed by atoms with E-state index in [-0.39, 0.29) is 18.6 Å². The fraction of sp³-hybridized carbons (Fsp3) is 0.857. The summed E-state index contributed by atoms with van der Waals surface area (Å²) >= 11 is 0. The molecule has 1 rings (SSSR count). The molecule has 1 aliphatic heterocycles. The van der Waals surface area contributed by atoms with Gasteiger partial charge in [0.05, 0.1) is 0 Å². The van der Waals surface area contributed by atoms with Crippen LogP contribution in [0.5, 0.6) is 0 Å². The normalized spacial score (nSPS) is 24.2. The minimum absolute atomic E-state index is 0.109. The second-order valence-electron chi connectivity index (χ2n) is 6.73. The van der Waals surface area contributed by atoms with Gasteiger partial charge in [0.1, 0.15) is 6.54 Å². The van der Waals surface area contributed by atoms with Crippen LogP contribution in [0.2, 0.25) is 0 Å². The summed E-state index contributed by atoms with van der Waals surface area (Å²) in [6.07, 6.45) is 0.897. The number of urea groups is 1. The van der Waals surface area contributed by atoms with Crippen LogP contribution in [-0.2, 0) is 4.79 Å². The standard InChI is InChI=1S/C14H27N3O3/c1-10-8-16(5)7-6-11(10)15-13(20)17(9-12(18)19)14(2,3)4/h10-11H,6-9H2,1-5H3,(H,15,20)(H,18,19). The second kappa shape index (κ2) is 6.43. The second-order valence-corrected chi connectivity index (χ2v) is 6.73. The Bertz CT molecular complexity index is 365. The van der Waals surface area contributed by atoms with Crippen molar-refractivity contribution in [2.45, 2.75) is 45.7 Å². The molecule has 20 heavy (non-hydrogen) atoms. The van der Waals surface area contributed by atoms with Gasteiger partial charge in [-0.05, 0) is 46.7 Å². The fourth-order valence-electron chi connectivity index (χ4n) is 2.55. The summed E-state index contributed by atoms with van der Waals surface area (Å²) in [7, 11) is 2.07. The Hall–Kier alpha value is -1.30. The highest BCUT2D eigenvalue weighted by atomic mass is 16.4. The molecule has 6 heteroatoms. The van der Waals surface area contributed by atoms with Gasteiger partial charge in [-0.3, -0.25) is 4.79 Å². The van der Waals surface area contributed by atoms with Crippen LogP contribution in [0.15, 0.2) is 0 Å². The molecule has 0 saturated carbocycles. The van der Waals surface area contributed by atoms with E-state index in [1.54, 1.807) is 0 Å². The lowest BCUT2D eigenvalue weighted by atomic mass is 9.94. The van der Waals surface area contributed by atoms with Crippen LogP contribution < -0.4 is 5.32 Å². The van der Waals surface area contributed by atoms with Crippen LogP contribution in [0.3, 0.4) is 0 Å². The van der Waals surface area contributed by atoms with Crippen LogP contribution in [0, 0.1) is 5.92 Å². The van der Waals surface area contributed by atoms with E-state index in [2.05, 4.69) is 24.2 Å². The Morgan fingerprint density at radius 2 is 2.00 bits per heavy atom. The number of carboxylic acids is 1. The van der Waals surface area contributed by atoms with Gasteiger partial charge in [-0.1, -0.05) is 6.92 Å². The maximum atomic E-state index is 12.4. The SMILES string of the molecule is CC1CN(C)CCC1NC(=O)N(CC(=O)O)C(C)(C)C. The third-order valence-electron chi connectivity index (χ3n) is 3.77. The number of piperidine rings is 1. The van der Waals surface area contributed by atoms with Crippen molar-refractivity contribution < 1.29 is 14.7 Å². The van der Waals surface area contributed by atoms with Gasteiger partial charge < -0.3 is 20.2 Å². The van der Waals surface area contributed by atoms with E-state index in [0.29, 0.717) is 5.92 Å². The predicted octanol–water partition coefficient (Wildman–Crippen LogP) is 1.22. The highest BCUT2D eigenvalue weighted by Crippen LogP contribution is 2.18. The lowest BCUT2D eigenvalue weighted by Crippen LogP contribution is -2.57. The van der Waals surface area contributed by atoms with Crippen molar-refractivity contribution in [2.24, 2.45) is 5.92 Å². The predicted molar refractivity (Wildman–Crippen MR) is 77.7 cm³/mol. The number of likely N-dealkylation sites (tertiary alicyclic amines) is 1. The van der Waals surface area contributed by atoms with Gasteiger partial charge in [0, 0.05) is 18.1 Å². The summed E-state index contributed by atoms with van der Waals surface area (Å²) in [5, 5.41) is 12.0. The first kappa shape index (κ1) is 16.8. The Morgan fingerprint density at radius 1 is 1.40 bits per heavy atom. The molecule has 0 bridgehead atoms. The minimum Gasteiger partial charge on any atom is -0.480 e.